The summed E-state index contributed by atoms with van der Waals surface area (Å²) in [6.45, 7) is 11.7. The lowest BCUT2D eigenvalue weighted by molar-refractivity contribution is -0.159. The number of benzene rings is 1. The minimum atomic E-state index is -1.82. The third-order valence-corrected chi connectivity index (χ3v) is 4.09. The number of carboxylic acids is 2. The van der Waals surface area contributed by atoms with E-state index in [0.717, 1.165) is 39.4 Å². The zero-order valence-electron chi connectivity index (χ0n) is 15.6. The van der Waals surface area contributed by atoms with Crippen molar-refractivity contribution in [3.8, 4) is 0 Å². The van der Waals surface area contributed by atoms with Gasteiger partial charge in [0.15, 0.2) is 0 Å². The largest absolute Gasteiger partial charge is 0.473 e. The molecule has 1 aromatic rings. The van der Waals surface area contributed by atoms with Crippen molar-refractivity contribution in [3.05, 3.63) is 35.4 Å². The Labute approximate surface area is 155 Å². The molecule has 1 fully saturated rings. The van der Waals surface area contributed by atoms with Crippen molar-refractivity contribution >= 4 is 11.9 Å². The summed E-state index contributed by atoms with van der Waals surface area (Å²) in [5, 5.41) is 18.3. The molecule has 0 saturated carbocycles. The summed E-state index contributed by atoms with van der Waals surface area (Å²) in [6, 6.07) is 8.97. The fourth-order valence-electron chi connectivity index (χ4n) is 2.51. The van der Waals surface area contributed by atoms with E-state index in [4.69, 9.17) is 24.5 Å². The molecule has 7 nitrogen and oxygen atoms in total. The van der Waals surface area contributed by atoms with Gasteiger partial charge in [0.05, 0.1) is 13.2 Å². The molecule has 0 bridgehead atoms. The molecule has 1 saturated heterocycles. The third-order valence-electron chi connectivity index (χ3n) is 4.09. The van der Waals surface area contributed by atoms with Crippen LogP contribution in [0, 0.1) is 0 Å². The van der Waals surface area contributed by atoms with Crippen molar-refractivity contribution in [1.29, 1.82) is 0 Å². The van der Waals surface area contributed by atoms with E-state index in [0.29, 0.717) is 5.92 Å². The molecule has 7 heteroatoms. The van der Waals surface area contributed by atoms with E-state index >= 15 is 0 Å². The average Bonchev–Trinajstić information content (AvgIpc) is 2.63. The molecule has 0 radical (unpaired) electrons. The van der Waals surface area contributed by atoms with Crippen LogP contribution in [0.3, 0.4) is 0 Å². The van der Waals surface area contributed by atoms with Crippen LogP contribution in [0.25, 0.3) is 0 Å². The van der Waals surface area contributed by atoms with Crippen LogP contribution < -0.4 is 5.32 Å². The predicted molar refractivity (Wildman–Crippen MR) is 99.4 cm³/mol. The van der Waals surface area contributed by atoms with Crippen LogP contribution in [0.2, 0.25) is 0 Å². The van der Waals surface area contributed by atoms with Crippen LogP contribution in [-0.2, 0) is 20.9 Å². The van der Waals surface area contributed by atoms with Crippen molar-refractivity contribution < 1.29 is 24.5 Å². The molecule has 1 aliphatic heterocycles. The molecule has 0 aromatic heterocycles. The average molecular weight is 366 g/mol. The van der Waals surface area contributed by atoms with E-state index in [2.05, 4.69) is 48.3 Å². The molecule has 0 unspecified atom stereocenters. The topological polar surface area (TPSA) is 99.1 Å². The van der Waals surface area contributed by atoms with Crippen molar-refractivity contribution in [1.82, 2.24) is 10.2 Å². The molecule has 146 valence electrons. The van der Waals surface area contributed by atoms with Crippen molar-refractivity contribution in [2.24, 2.45) is 0 Å². The predicted octanol–water partition coefficient (Wildman–Crippen LogP) is 1.78. The molecule has 0 atom stereocenters. The Balaban J connectivity index is 0.000000487. The lowest BCUT2D eigenvalue weighted by Gasteiger charge is -2.26. The highest BCUT2D eigenvalue weighted by Gasteiger charge is 2.08. The summed E-state index contributed by atoms with van der Waals surface area (Å²) in [5.74, 6) is -3.03. The maximum absolute atomic E-state index is 9.10. The van der Waals surface area contributed by atoms with E-state index in [9.17, 15) is 0 Å². The van der Waals surface area contributed by atoms with E-state index in [1.54, 1.807) is 0 Å². The molecule has 1 aliphatic rings. The van der Waals surface area contributed by atoms with Gasteiger partial charge in [0.25, 0.3) is 0 Å². The molecule has 1 heterocycles. The number of aliphatic carboxylic acids is 2. The zero-order chi connectivity index (χ0) is 19.4. The minimum absolute atomic E-state index is 0.616. The maximum atomic E-state index is 9.10. The van der Waals surface area contributed by atoms with Crippen LogP contribution in [0.1, 0.15) is 37.3 Å². The monoisotopic (exact) mass is 366 g/mol. The molecule has 3 N–H and O–H groups in total. The second-order valence-corrected chi connectivity index (χ2v) is 6.49. The normalized spacial score (nSPS) is 14.6. The second kappa shape index (κ2) is 12.4. The number of carboxylic acid groups (broad SMARTS) is 2. The van der Waals surface area contributed by atoms with Gasteiger partial charge in [-0.1, -0.05) is 38.1 Å². The van der Waals surface area contributed by atoms with E-state index in [-0.39, 0.29) is 0 Å². The standard InChI is InChI=1S/C17H28N2O.C2H2O4/c1-15(2)17-6-4-16(5-7-17)14-18-8-3-9-19-10-12-20-13-11-19;3-1(4)2(5)6/h4-7,15,18H,3,8-14H2,1-2H3;(H,3,4)(H,5,6). The Morgan fingerprint density at radius 2 is 1.69 bits per heavy atom. The lowest BCUT2D eigenvalue weighted by Crippen LogP contribution is -2.37. The number of rotatable bonds is 7. The summed E-state index contributed by atoms with van der Waals surface area (Å²) in [4.78, 5) is 20.7. The van der Waals surface area contributed by atoms with Crippen LogP contribution in [0.5, 0.6) is 0 Å². The molecule has 0 aliphatic carbocycles. The molecule has 0 spiro atoms. The second-order valence-electron chi connectivity index (χ2n) is 6.49. The number of nitrogens with one attached hydrogen (secondary N) is 1. The van der Waals surface area contributed by atoms with Gasteiger partial charge in [-0.2, -0.15) is 0 Å². The van der Waals surface area contributed by atoms with Gasteiger partial charge in [0.2, 0.25) is 0 Å². The van der Waals surface area contributed by atoms with Crippen molar-refractivity contribution in [2.75, 3.05) is 39.4 Å². The van der Waals surface area contributed by atoms with Crippen molar-refractivity contribution in [2.45, 2.75) is 32.7 Å². The SMILES string of the molecule is CC(C)c1ccc(CNCCCN2CCOCC2)cc1.O=C(O)C(=O)O. The Kier molecular flexibility index (Phi) is 10.5. The van der Waals surface area contributed by atoms with E-state index in [1.807, 2.05) is 0 Å². The third kappa shape index (κ3) is 9.50. The number of hydrogen-bond donors (Lipinski definition) is 3. The first kappa shape index (κ1) is 22.1. The van der Waals surface area contributed by atoms with Crippen molar-refractivity contribution in [3.63, 3.8) is 0 Å². The van der Waals surface area contributed by atoms with E-state index in [1.165, 1.54) is 24.1 Å². The summed E-state index contributed by atoms with van der Waals surface area (Å²) in [6.07, 6.45) is 1.21. The highest BCUT2D eigenvalue weighted by atomic mass is 16.5. The Morgan fingerprint density at radius 3 is 2.19 bits per heavy atom. The Hall–Kier alpha value is -1.96. The van der Waals surface area contributed by atoms with Gasteiger partial charge in [-0.3, -0.25) is 4.90 Å². The van der Waals surface area contributed by atoms with Crippen LogP contribution in [0.15, 0.2) is 24.3 Å². The number of carbonyl (C=O) groups is 2. The molecular formula is C19H30N2O5. The first-order chi connectivity index (χ1) is 12.4. The first-order valence-electron chi connectivity index (χ1n) is 8.96. The van der Waals surface area contributed by atoms with Crippen LogP contribution >= 0.6 is 0 Å². The van der Waals surface area contributed by atoms with Gasteiger partial charge in [0.1, 0.15) is 0 Å². The fourth-order valence-corrected chi connectivity index (χ4v) is 2.51. The highest BCUT2D eigenvalue weighted by molar-refractivity contribution is 6.27. The Morgan fingerprint density at radius 1 is 1.12 bits per heavy atom. The van der Waals surface area contributed by atoms with Crippen LogP contribution in [-0.4, -0.2) is 66.4 Å². The zero-order valence-corrected chi connectivity index (χ0v) is 15.6. The highest BCUT2D eigenvalue weighted by Crippen LogP contribution is 2.14. The lowest BCUT2D eigenvalue weighted by atomic mass is 10.0. The summed E-state index contributed by atoms with van der Waals surface area (Å²) in [7, 11) is 0. The van der Waals surface area contributed by atoms with Gasteiger partial charge in [-0.25, -0.2) is 9.59 Å². The molecule has 26 heavy (non-hydrogen) atoms. The summed E-state index contributed by atoms with van der Waals surface area (Å²) in [5.41, 5.74) is 2.79. The quantitative estimate of drug-likeness (QED) is 0.500. The molecule has 1 aromatic carbocycles. The van der Waals surface area contributed by atoms with Gasteiger partial charge >= 0.3 is 11.9 Å². The van der Waals surface area contributed by atoms with Gasteiger partial charge in [-0.05, 0) is 36.6 Å². The van der Waals surface area contributed by atoms with Gasteiger partial charge < -0.3 is 20.3 Å². The fraction of sp³-hybridized carbons (Fsp3) is 0.579. The van der Waals surface area contributed by atoms with Gasteiger partial charge in [-0.15, -0.1) is 0 Å². The molecule has 0 amide bonds. The molecule has 2 rings (SSSR count). The summed E-state index contributed by atoms with van der Waals surface area (Å²) < 4.78 is 5.35. The number of hydrogen-bond acceptors (Lipinski definition) is 5. The first-order valence-corrected chi connectivity index (χ1v) is 8.96. The van der Waals surface area contributed by atoms with Crippen LogP contribution in [0.4, 0.5) is 0 Å². The smallest absolute Gasteiger partial charge is 0.414 e. The minimum Gasteiger partial charge on any atom is -0.473 e. The van der Waals surface area contributed by atoms with Gasteiger partial charge in [0, 0.05) is 19.6 Å². The maximum Gasteiger partial charge on any atom is 0.414 e. The number of nitrogens with zero attached hydrogens (tertiary/aromatic N) is 1. The number of ether oxygens (including phenoxy) is 1. The number of morpholine rings is 1. The Bertz CT molecular complexity index is 527. The molecular weight excluding hydrogens is 336 g/mol. The summed E-state index contributed by atoms with van der Waals surface area (Å²) >= 11 is 0. The van der Waals surface area contributed by atoms with E-state index < -0.39 is 11.9 Å².